The normalized spacial score (nSPS) is 19.4. The minimum absolute atomic E-state index is 0.0573. The van der Waals surface area contributed by atoms with Crippen molar-refractivity contribution in [1.82, 2.24) is 10.0 Å². The number of fused-ring (bicyclic) bond motifs is 1. The molecule has 2 aromatic rings. The summed E-state index contributed by atoms with van der Waals surface area (Å²) in [6, 6.07) is 7.09. The summed E-state index contributed by atoms with van der Waals surface area (Å²) in [4.78, 5) is 30.8. The van der Waals surface area contributed by atoms with Crippen LogP contribution in [0.25, 0.3) is 10.8 Å². The Bertz CT molecular complexity index is 1090. The van der Waals surface area contributed by atoms with Crippen molar-refractivity contribution >= 4 is 42.4 Å². The second-order valence-corrected chi connectivity index (χ2v) is 11.0. The molecule has 1 saturated heterocycles. The Morgan fingerprint density at radius 3 is 2.80 bits per heavy atom. The van der Waals surface area contributed by atoms with Gasteiger partial charge in [0.05, 0.1) is 0 Å². The molecule has 30 heavy (non-hydrogen) atoms. The Morgan fingerprint density at radius 2 is 2.13 bits per heavy atom. The van der Waals surface area contributed by atoms with Crippen LogP contribution in [-0.4, -0.2) is 42.8 Å². The maximum Gasteiger partial charge on any atom is 0.264 e. The molecule has 0 radical (unpaired) electrons. The number of hydrogen-bond acceptors (Lipinski definition) is 6. The van der Waals surface area contributed by atoms with E-state index in [9.17, 15) is 18.0 Å². The van der Waals surface area contributed by atoms with E-state index in [4.69, 9.17) is 9.57 Å². The zero-order chi connectivity index (χ0) is 21.9. The van der Waals surface area contributed by atoms with Gasteiger partial charge in [-0.15, -0.1) is 0 Å². The molecule has 1 aromatic carbocycles. The molecule has 1 aliphatic heterocycles. The molecule has 1 aromatic heterocycles. The quantitative estimate of drug-likeness (QED) is 0.585. The van der Waals surface area contributed by atoms with E-state index in [0.717, 1.165) is 29.0 Å². The number of pyridine rings is 1. The van der Waals surface area contributed by atoms with Gasteiger partial charge in [0.1, 0.15) is 0 Å². The Kier molecular flexibility index (Phi) is 7.01. The summed E-state index contributed by atoms with van der Waals surface area (Å²) in [5.41, 5.74) is 2.00. The first-order valence-corrected chi connectivity index (χ1v) is 12.4. The fourth-order valence-electron chi connectivity index (χ4n) is 3.27. The molecular weight excluding hydrogens is 476 g/mol. The molecule has 2 unspecified atom stereocenters. The highest BCUT2D eigenvalue weighted by atomic mass is 79.9. The van der Waals surface area contributed by atoms with Gasteiger partial charge in [-0.1, -0.05) is 15.9 Å². The SMILES string of the molecule is CC(CCn1ccc2cc(Br)ccc2c1=O)(C(=O)NOC1CCCCO1)S(C)(=O)=O. The van der Waals surface area contributed by atoms with Gasteiger partial charge in [0, 0.05) is 41.9 Å². The van der Waals surface area contributed by atoms with Crippen LogP contribution in [0.4, 0.5) is 0 Å². The van der Waals surface area contributed by atoms with Crippen LogP contribution in [-0.2, 0) is 30.8 Å². The number of carbonyl (C=O) groups is 1. The fraction of sp³-hybridized carbons (Fsp3) is 0.500. The van der Waals surface area contributed by atoms with Crippen molar-refractivity contribution in [3.63, 3.8) is 0 Å². The second kappa shape index (κ2) is 9.17. The standard InChI is InChI=1S/C20H25BrN2O6S/c1-20(30(2,26)27,19(25)22-29-17-5-3-4-12-28-17)9-11-23-10-8-14-13-15(21)6-7-16(14)18(23)24/h6-8,10,13,17H,3-5,9,11-12H2,1-2H3,(H,22,25). The van der Waals surface area contributed by atoms with Gasteiger partial charge in [-0.25, -0.2) is 18.7 Å². The van der Waals surface area contributed by atoms with Crippen molar-refractivity contribution in [2.75, 3.05) is 12.9 Å². The summed E-state index contributed by atoms with van der Waals surface area (Å²) in [6.07, 6.45) is 4.38. The van der Waals surface area contributed by atoms with Gasteiger partial charge in [0.25, 0.3) is 11.5 Å². The molecule has 3 rings (SSSR count). The van der Waals surface area contributed by atoms with Crippen molar-refractivity contribution in [1.29, 1.82) is 0 Å². The van der Waals surface area contributed by atoms with Crippen LogP contribution in [0, 0.1) is 0 Å². The maximum atomic E-state index is 12.8. The predicted octanol–water partition coefficient (Wildman–Crippen LogP) is 2.53. The molecule has 1 fully saturated rings. The third kappa shape index (κ3) is 4.93. The molecule has 1 amide bonds. The molecule has 2 heterocycles. The number of benzene rings is 1. The van der Waals surface area contributed by atoms with Gasteiger partial charge in [0.2, 0.25) is 0 Å². The fourth-order valence-corrected chi connectivity index (χ4v) is 4.49. The summed E-state index contributed by atoms with van der Waals surface area (Å²) in [5.74, 6) is -0.781. The van der Waals surface area contributed by atoms with Crippen molar-refractivity contribution in [2.24, 2.45) is 0 Å². The summed E-state index contributed by atoms with van der Waals surface area (Å²) >= 11 is 3.37. The lowest BCUT2D eigenvalue weighted by molar-refractivity contribution is -0.201. The van der Waals surface area contributed by atoms with Crippen molar-refractivity contribution in [3.8, 4) is 0 Å². The van der Waals surface area contributed by atoms with Crippen LogP contribution >= 0.6 is 15.9 Å². The lowest BCUT2D eigenvalue weighted by atomic mass is 10.1. The summed E-state index contributed by atoms with van der Waals surface area (Å²) in [6.45, 7) is 1.93. The van der Waals surface area contributed by atoms with Crippen LogP contribution in [0.3, 0.4) is 0 Å². The van der Waals surface area contributed by atoms with Crippen LogP contribution in [0.5, 0.6) is 0 Å². The Balaban J connectivity index is 1.77. The Morgan fingerprint density at radius 1 is 1.37 bits per heavy atom. The average Bonchev–Trinajstić information content (AvgIpc) is 2.71. The molecule has 8 nitrogen and oxygen atoms in total. The number of rotatable bonds is 7. The number of amides is 1. The number of nitrogens with one attached hydrogen (secondary N) is 1. The zero-order valence-corrected chi connectivity index (χ0v) is 19.3. The number of aromatic nitrogens is 1. The number of ether oxygens (including phenoxy) is 1. The minimum atomic E-state index is -3.80. The predicted molar refractivity (Wildman–Crippen MR) is 117 cm³/mol. The van der Waals surface area contributed by atoms with Gasteiger partial charge in [-0.05, 0) is 55.8 Å². The van der Waals surface area contributed by atoms with E-state index in [1.54, 1.807) is 24.4 Å². The number of halogens is 1. The lowest BCUT2D eigenvalue weighted by Gasteiger charge is -2.28. The van der Waals surface area contributed by atoms with Gasteiger partial charge in [-0.3, -0.25) is 9.59 Å². The molecule has 0 spiro atoms. The van der Waals surface area contributed by atoms with E-state index < -0.39 is 26.8 Å². The summed E-state index contributed by atoms with van der Waals surface area (Å²) < 4.78 is 30.8. The van der Waals surface area contributed by atoms with Gasteiger partial charge >= 0.3 is 0 Å². The molecule has 1 N–H and O–H groups in total. The topological polar surface area (TPSA) is 104 Å². The largest absolute Gasteiger partial charge is 0.350 e. The summed E-state index contributed by atoms with van der Waals surface area (Å²) in [7, 11) is -3.80. The van der Waals surface area contributed by atoms with Crippen LogP contribution < -0.4 is 11.0 Å². The number of hydroxylamine groups is 1. The van der Waals surface area contributed by atoms with Crippen LogP contribution in [0.1, 0.15) is 32.6 Å². The number of hydrogen-bond donors (Lipinski definition) is 1. The first-order chi connectivity index (χ1) is 14.1. The van der Waals surface area contributed by atoms with Crippen LogP contribution in [0.2, 0.25) is 0 Å². The molecule has 2 atom stereocenters. The molecule has 0 bridgehead atoms. The molecule has 164 valence electrons. The number of carbonyl (C=O) groups excluding carboxylic acids is 1. The smallest absolute Gasteiger partial charge is 0.264 e. The first kappa shape index (κ1) is 22.9. The third-order valence-corrected chi connectivity index (χ3v) is 8.01. The highest BCUT2D eigenvalue weighted by Gasteiger charge is 2.44. The Labute approximate surface area is 183 Å². The van der Waals surface area contributed by atoms with Crippen molar-refractivity contribution in [3.05, 3.63) is 45.3 Å². The number of aryl methyl sites for hydroxylation is 1. The lowest BCUT2D eigenvalue weighted by Crippen LogP contribution is -2.51. The summed E-state index contributed by atoms with van der Waals surface area (Å²) in [5, 5.41) is 1.29. The molecular formula is C20H25BrN2O6S. The minimum Gasteiger partial charge on any atom is -0.350 e. The van der Waals surface area contributed by atoms with E-state index >= 15 is 0 Å². The molecule has 0 aliphatic carbocycles. The maximum absolute atomic E-state index is 12.8. The van der Waals surface area contributed by atoms with E-state index in [1.165, 1.54) is 11.5 Å². The average molecular weight is 501 g/mol. The highest BCUT2D eigenvalue weighted by molar-refractivity contribution is 9.10. The Hall–Kier alpha value is -1.75. The molecule has 10 heteroatoms. The van der Waals surface area contributed by atoms with Gasteiger partial charge < -0.3 is 9.30 Å². The van der Waals surface area contributed by atoms with Crippen LogP contribution in [0.15, 0.2) is 39.7 Å². The van der Waals surface area contributed by atoms with Gasteiger partial charge in [-0.2, -0.15) is 0 Å². The number of nitrogens with zero attached hydrogens (tertiary/aromatic N) is 1. The van der Waals surface area contributed by atoms with E-state index in [1.807, 2.05) is 6.07 Å². The van der Waals surface area contributed by atoms with E-state index in [0.29, 0.717) is 18.4 Å². The van der Waals surface area contributed by atoms with E-state index in [-0.39, 0.29) is 18.5 Å². The van der Waals surface area contributed by atoms with E-state index in [2.05, 4.69) is 21.4 Å². The van der Waals surface area contributed by atoms with Gasteiger partial charge in [0.15, 0.2) is 20.9 Å². The van der Waals surface area contributed by atoms with Crippen molar-refractivity contribution < 1.29 is 22.8 Å². The highest BCUT2D eigenvalue weighted by Crippen LogP contribution is 2.23. The third-order valence-electron chi connectivity index (χ3n) is 5.49. The zero-order valence-electron chi connectivity index (χ0n) is 16.9. The monoisotopic (exact) mass is 500 g/mol. The molecule has 0 saturated carbocycles. The second-order valence-electron chi connectivity index (χ2n) is 7.64. The van der Waals surface area contributed by atoms with Crippen molar-refractivity contribution in [2.45, 2.75) is 50.2 Å². The number of sulfone groups is 1. The molecule has 1 aliphatic rings. The first-order valence-electron chi connectivity index (χ1n) is 9.68.